The molecule has 3 aromatic rings. The van der Waals surface area contributed by atoms with Crippen LogP contribution in [0.25, 0.3) is 0 Å². The molecule has 1 fully saturated rings. The Morgan fingerprint density at radius 2 is 1.72 bits per heavy atom. The number of nitrogens with zero attached hydrogens (tertiary/aromatic N) is 1. The predicted octanol–water partition coefficient (Wildman–Crippen LogP) is 5.44. The predicted molar refractivity (Wildman–Crippen MR) is 190 cm³/mol. The molecule has 11 heteroatoms. The number of aliphatic imine (C=N–C) groups is 1. The van der Waals surface area contributed by atoms with Crippen molar-refractivity contribution in [1.29, 1.82) is 0 Å². The number of aliphatic hydroxyl groups is 1. The third-order valence-corrected chi connectivity index (χ3v) is 12.2. The minimum Gasteiger partial charge on any atom is -0.508 e. The Kier molecular flexibility index (Phi) is 9.39. The highest BCUT2D eigenvalue weighted by Crippen LogP contribution is 2.54. The van der Waals surface area contributed by atoms with Gasteiger partial charge in [-0.15, -0.1) is 0 Å². The third-order valence-electron chi connectivity index (χ3n) is 11.0. The minimum absolute atomic E-state index is 0.0829. The van der Waals surface area contributed by atoms with Gasteiger partial charge in [0.05, 0.1) is 11.4 Å². The van der Waals surface area contributed by atoms with Gasteiger partial charge in [-0.2, -0.15) is 8.42 Å². The summed E-state index contributed by atoms with van der Waals surface area (Å²) in [5.41, 5.74) is 16.5. The Morgan fingerprint density at radius 3 is 2.40 bits per heavy atom. The van der Waals surface area contributed by atoms with Gasteiger partial charge in [0.2, 0.25) is 6.23 Å². The Hall–Kier alpha value is -4.34. The van der Waals surface area contributed by atoms with Gasteiger partial charge in [0.1, 0.15) is 17.6 Å². The topological polar surface area (TPSA) is 178 Å². The van der Waals surface area contributed by atoms with E-state index in [4.69, 9.17) is 20.9 Å². The van der Waals surface area contributed by atoms with E-state index in [2.05, 4.69) is 16.8 Å². The lowest BCUT2D eigenvalue weighted by molar-refractivity contribution is -0.0416. The molecule has 10 nitrogen and oxygen atoms in total. The van der Waals surface area contributed by atoms with Crippen LogP contribution >= 0.6 is 0 Å². The molecule has 9 atom stereocenters. The molecule has 50 heavy (non-hydrogen) atoms. The van der Waals surface area contributed by atoms with Gasteiger partial charge in [-0.05, 0) is 84.4 Å². The molecule has 8 bridgehead atoms. The molecule has 10 rings (SSSR count). The highest BCUT2D eigenvalue weighted by molar-refractivity contribution is 7.86. The van der Waals surface area contributed by atoms with Crippen LogP contribution in [0.1, 0.15) is 91.0 Å². The van der Waals surface area contributed by atoms with Crippen LogP contribution in [-0.2, 0) is 14.9 Å². The van der Waals surface area contributed by atoms with Crippen molar-refractivity contribution in [2.45, 2.75) is 74.5 Å². The number of phenols is 1. The first-order valence-corrected chi connectivity index (χ1v) is 18.7. The van der Waals surface area contributed by atoms with E-state index in [1.165, 1.54) is 0 Å². The highest BCUT2D eigenvalue weighted by Gasteiger charge is 2.48. The van der Waals surface area contributed by atoms with Crippen LogP contribution in [0.4, 0.5) is 0 Å². The number of nitrogens with two attached hydrogens (primary N) is 2. The first-order valence-electron chi connectivity index (χ1n) is 17.2. The van der Waals surface area contributed by atoms with Gasteiger partial charge in [0.15, 0.2) is 5.96 Å². The molecule has 0 aromatic heterocycles. The fraction of sp³-hybridized carbons (Fsp3) is 0.410. The fourth-order valence-electron chi connectivity index (χ4n) is 8.52. The number of fused-ring (bicyclic) bond motifs is 7. The lowest BCUT2D eigenvalue weighted by atomic mass is 9.65. The Bertz CT molecular complexity index is 1960. The van der Waals surface area contributed by atoms with Crippen molar-refractivity contribution < 1.29 is 32.7 Å². The van der Waals surface area contributed by atoms with Gasteiger partial charge in [0.25, 0.3) is 10.1 Å². The van der Waals surface area contributed by atoms with Gasteiger partial charge >= 0.3 is 0 Å². The van der Waals surface area contributed by atoms with E-state index >= 15 is 0 Å². The zero-order valence-corrected chi connectivity index (χ0v) is 28.7. The number of aliphatic hydroxyl groups excluding tert-OH is 1. The summed E-state index contributed by atoms with van der Waals surface area (Å²) >= 11 is 0. The van der Waals surface area contributed by atoms with Crippen molar-refractivity contribution >= 4 is 16.1 Å². The molecule has 7 aliphatic rings. The first-order chi connectivity index (χ1) is 24.0. The van der Waals surface area contributed by atoms with Crippen molar-refractivity contribution in [3.8, 4) is 23.3 Å². The van der Waals surface area contributed by atoms with E-state index in [9.17, 15) is 23.2 Å². The normalized spacial score (nSPS) is 30.1. The van der Waals surface area contributed by atoms with Gasteiger partial charge in [0, 0.05) is 41.6 Å². The lowest BCUT2D eigenvalue weighted by Gasteiger charge is -2.41. The SMILES string of the molecule is CC[C@@H]1C[C@@H](S(=O)(=O)O)[C@H]2C=C3C[C@@H](C[C@@H]4O[C@H]3c3ccc(O)cc3C#CC[C@H]4CO)[C@@H]2c2ccc(cc2)[C@H](N=C(N)N)Oc2ccc1cc2. The summed E-state index contributed by atoms with van der Waals surface area (Å²) in [7, 11) is -4.56. The van der Waals surface area contributed by atoms with Crippen molar-refractivity contribution in [3.63, 3.8) is 0 Å². The molecule has 262 valence electrons. The molecule has 6 aliphatic heterocycles. The van der Waals surface area contributed by atoms with Gasteiger partial charge in [-0.1, -0.05) is 67.3 Å². The molecule has 7 N–H and O–H groups in total. The Labute approximate surface area is 293 Å². The van der Waals surface area contributed by atoms with Crippen molar-refractivity contribution in [3.05, 3.63) is 106 Å². The van der Waals surface area contributed by atoms with E-state index in [-0.39, 0.29) is 54.5 Å². The maximum absolute atomic E-state index is 13.6. The fourth-order valence-corrected chi connectivity index (χ4v) is 9.64. The molecule has 1 saturated heterocycles. The van der Waals surface area contributed by atoms with Crippen LogP contribution in [-0.4, -0.2) is 47.1 Å². The molecule has 0 radical (unpaired) electrons. The third kappa shape index (κ3) is 6.73. The van der Waals surface area contributed by atoms with E-state index in [1.807, 2.05) is 67.6 Å². The molecule has 0 unspecified atom stereocenters. The van der Waals surface area contributed by atoms with Gasteiger partial charge < -0.3 is 31.2 Å². The molecule has 0 saturated carbocycles. The molecule has 3 aromatic carbocycles. The minimum atomic E-state index is -4.56. The summed E-state index contributed by atoms with van der Waals surface area (Å²) < 4.78 is 51.5. The number of phenolic OH excluding ortho intramolecular Hbond substituents is 1. The number of aromatic hydroxyl groups is 1. The number of hydrogen-bond donors (Lipinski definition) is 5. The molecular weight excluding hydrogens is 655 g/mol. The van der Waals surface area contributed by atoms with Crippen LogP contribution in [0, 0.1) is 29.6 Å². The molecule has 0 amide bonds. The van der Waals surface area contributed by atoms with Crippen LogP contribution in [0.5, 0.6) is 11.5 Å². The molecule has 1 aliphatic carbocycles. The highest BCUT2D eigenvalue weighted by atomic mass is 32.2. The van der Waals surface area contributed by atoms with E-state index in [1.54, 1.807) is 12.1 Å². The second-order valence-electron chi connectivity index (χ2n) is 14.0. The van der Waals surface area contributed by atoms with Crippen LogP contribution in [0.15, 0.2) is 83.4 Å². The number of guanidine groups is 1. The largest absolute Gasteiger partial charge is 0.508 e. The number of hydrogen-bond acceptors (Lipinski definition) is 7. The number of benzene rings is 3. The molecule has 6 heterocycles. The maximum Gasteiger partial charge on any atom is 0.268 e. The standard InChI is InChI=1S/C39H43N3O7S/c1-2-22-20-35(50(45,46)47)33-18-29-16-28(19-34-27(21-43)5-3-4-26-17-30(44)12-15-32(26)37(29)49-34)36(33)24-6-8-25(9-7-24)38(42-39(40)41)48-31-13-10-23(22)11-14-31/h6-15,17-18,22,27-28,33-38,43-44H,2,5,16,19-21H2,1H3,(H4,40,41,42)(H,45,46,47)/t22-,27+,28+,33-,34+,35-,36+,37-,38-/m1/s1. The zero-order chi connectivity index (χ0) is 35.2. The van der Waals surface area contributed by atoms with E-state index < -0.39 is 33.6 Å². The van der Waals surface area contributed by atoms with Crippen molar-refractivity contribution in [2.75, 3.05) is 6.61 Å². The van der Waals surface area contributed by atoms with Gasteiger partial charge in [-0.25, -0.2) is 4.99 Å². The van der Waals surface area contributed by atoms with Crippen molar-refractivity contribution in [2.24, 2.45) is 34.2 Å². The monoisotopic (exact) mass is 697 g/mol. The Morgan fingerprint density at radius 1 is 1.00 bits per heavy atom. The number of allylic oxidation sites excluding steroid dienone is 1. The summed E-state index contributed by atoms with van der Waals surface area (Å²) in [4.78, 5) is 4.36. The summed E-state index contributed by atoms with van der Waals surface area (Å²) in [6.07, 6.45) is 2.68. The van der Waals surface area contributed by atoms with Crippen LogP contribution < -0.4 is 16.2 Å². The number of ether oxygens (including phenoxy) is 2. The zero-order valence-electron chi connectivity index (χ0n) is 27.9. The summed E-state index contributed by atoms with van der Waals surface area (Å²) in [5.74, 6) is 5.44. The van der Waals surface area contributed by atoms with Crippen LogP contribution in [0.2, 0.25) is 0 Å². The van der Waals surface area contributed by atoms with E-state index in [0.717, 1.165) is 22.3 Å². The summed E-state index contributed by atoms with van der Waals surface area (Å²) in [5, 5.41) is 19.8. The average molecular weight is 698 g/mol. The molecule has 0 spiro atoms. The first kappa shape index (κ1) is 34.1. The van der Waals surface area contributed by atoms with Gasteiger partial charge in [-0.3, -0.25) is 4.55 Å². The summed E-state index contributed by atoms with van der Waals surface area (Å²) in [6, 6.07) is 20.3. The second-order valence-corrected chi connectivity index (χ2v) is 15.6. The van der Waals surface area contributed by atoms with Crippen LogP contribution in [0.3, 0.4) is 0 Å². The number of rotatable bonds is 4. The smallest absolute Gasteiger partial charge is 0.268 e. The Balaban J connectivity index is 1.44. The van der Waals surface area contributed by atoms with Crippen molar-refractivity contribution in [1.82, 2.24) is 0 Å². The quantitative estimate of drug-likeness (QED) is 0.0781. The summed E-state index contributed by atoms with van der Waals surface area (Å²) in [6.45, 7) is 1.89. The second kappa shape index (κ2) is 13.8. The average Bonchev–Trinajstić information content (AvgIpc) is 3.18. The maximum atomic E-state index is 13.6. The lowest BCUT2D eigenvalue weighted by Crippen LogP contribution is -2.39. The van der Waals surface area contributed by atoms with E-state index in [0.29, 0.717) is 42.6 Å². The molecular formula is C39H43N3O7S.